The van der Waals surface area contributed by atoms with Gasteiger partial charge in [0.2, 0.25) is 0 Å². The quantitative estimate of drug-likeness (QED) is 0.635. The fraction of sp³-hybridized carbons (Fsp3) is 0.800. The van der Waals surface area contributed by atoms with Crippen LogP contribution in [0.25, 0.3) is 0 Å². The number of hydrogen-bond donors (Lipinski definition) is 1. The summed E-state index contributed by atoms with van der Waals surface area (Å²) in [5.41, 5.74) is 0. The van der Waals surface area contributed by atoms with Crippen LogP contribution in [0.15, 0.2) is 0 Å². The smallest absolute Gasteiger partial charge is 0.177 e. The van der Waals surface area contributed by atoms with Gasteiger partial charge in [-0.05, 0) is 6.42 Å². The Morgan fingerprint density at radius 3 is 2.89 bits per heavy atom. The summed E-state index contributed by atoms with van der Waals surface area (Å²) >= 11 is 0. The molecular weight excluding hydrogens is 116 g/mol. The maximum Gasteiger partial charge on any atom is 0.177 e. The molecule has 1 unspecified atom stereocenters. The Morgan fingerprint density at radius 1 is 1.67 bits per heavy atom. The van der Waals surface area contributed by atoms with Crippen LogP contribution in [0.5, 0.6) is 0 Å². The van der Waals surface area contributed by atoms with E-state index in [9.17, 15) is 0 Å². The zero-order chi connectivity index (χ0) is 6.69. The highest BCUT2D eigenvalue weighted by Crippen LogP contribution is 2.10. The molecule has 0 aliphatic carbocycles. The highest BCUT2D eigenvalue weighted by Gasteiger charge is 2.05. The van der Waals surface area contributed by atoms with Gasteiger partial charge in [-0.2, -0.15) is 5.21 Å². The van der Waals surface area contributed by atoms with Crippen molar-refractivity contribution in [2.75, 3.05) is 0 Å². The third-order valence-corrected chi connectivity index (χ3v) is 1.41. The van der Waals surface area contributed by atoms with Crippen molar-refractivity contribution in [1.82, 2.24) is 20.6 Å². The third-order valence-electron chi connectivity index (χ3n) is 1.41. The van der Waals surface area contributed by atoms with Gasteiger partial charge in [0.05, 0.1) is 0 Å². The highest BCUT2D eigenvalue weighted by molar-refractivity contribution is 4.85. The van der Waals surface area contributed by atoms with Gasteiger partial charge in [-0.3, -0.25) is 0 Å². The molecular formula is C5H10N4. The van der Waals surface area contributed by atoms with Crippen LogP contribution in [0.3, 0.4) is 0 Å². The molecule has 0 spiro atoms. The maximum absolute atomic E-state index is 3.84. The Hall–Kier alpha value is -0.930. The SMILES string of the molecule is CCC(C)c1nn[nH]n1. The number of aromatic amines is 1. The number of tetrazole rings is 1. The predicted molar refractivity (Wildman–Crippen MR) is 32.9 cm³/mol. The molecule has 4 heteroatoms. The highest BCUT2D eigenvalue weighted by atomic mass is 15.5. The standard InChI is InChI=1S/C5H10N4/c1-3-4(2)5-6-8-9-7-5/h4H,3H2,1-2H3,(H,6,7,8,9). The van der Waals surface area contributed by atoms with Crippen molar-refractivity contribution >= 4 is 0 Å². The second-order valence-electron chi connectivity index (χ2n) is 2.08. The van der Waals surface area contributed by atoms with Gasteiger partial charge >= 0.3 is 0 Å². The van der Waals surface area contributed by atoms with Crippen LogP contribution in [-0.4, -0.2) is 20.6 Å². The van der Waals surface area contributed by atoms with Crippen LogP contribution in [0.4, 0.5) is 0 Å². The van der Waals surface area contributed by atoms with E-state index >= 15 is 0 Å². The molecule has 0 radical (unpaired) electrons. The summed E-state index contributed by atoms with van der Waals surface area (Å²) < 4.78 is 0. The molecule has 0 fully saturated rings. The zero-order valence-corrected chi connectivity index (χ0v) is 5.63. The van der Waals surface area contributed by atoms with Crippen molar-refractivity contribution in [2.45, 2.75) is 26.2 Å². The molecule has 4 nitrogen and oxygen atoms in total. The van der Waals surface area contributed by atoms with Gasteiger partial charge in [0.25, 0.3) is 0 Å². The Balaban J connectivity index is 2.65. The minimum atomic E-state index is 0.420. The lowest BCUT2D eigenvalue weighted by atomic mass is 10.1. The molecule has 1 atom stereocenters. The second kappa shape index (κ2) is 2.57. The molecule has 0 aromatic carbocycles. The lowest BCUT2D eigenvalue weighted by Gasteiger charge is -1.97. The fourth-order valence-corrected chi connectivity index (χ4v) is 0.561. The molecule has 0 saturated heterocycles. The molecule has 0 aliphatic rings. The van der Waals surface area contributed by atoms with Crippen molar-refractivity contribution in [3.05, 3.63) is 5.82 Å². The van der Waals surface area contributed by atoms with Crippen LogP contribution in [0.1, 0.15) is 32.0 Å². The Labute approximate surface area is 53.7 Å². The van der Waals surface area contributed by atoms with Crippen LogP contribution in [0, 0.1) is 0 Å². The van der Waals surface area contributed by atoms with Gasteiger partial charge in [-0.15, -0.1) is 10.2 Å². The first kappa shape index (κ1) is 6.19. The third kappa shape index (κ3) is 1.25. The van der Waals surface area contributed by atoms with Gasteiger partial charge < -0.3 is 0 Å². The number of rotatable bonds is 2. The molecule has 0 aliphatic heterocycles. The summed E-state index contributed by atoms with van der Waals surface area (Å²) in [6.45, 7) is 4.17. The molecule has 1 aromatic rings. The van der Waals surface area contributed by atoms with Gasteiger partial charge in [0, 0.05) is 5.92 Å². The fourth-order valence-electron chi connectivity index (χ4n) is 0.561. The maximum atomic E-state index is 3.84. The van der Waals surface area contributed by atoms with Crippen molar-refractivity contribution in [3.63, 3.8) is 0 Å². The Bertz CT molecular complexity index is 157. The van der Waals surface area contributed by atoms with E-state index in [2.05, 4.69) is 34.5 Å². The number of nitrogens with one attached hydrogen (secondary N) is 1. The summed E-state index contributed by atoms with van der Waals surface area (Å²) in [7, 11) is 0. The zero-order valence-electron chi connectivity index (χ0n) is 5.63. The van der Waals surface area contributed by atoms with E-state index in [0.717, 1.165) is 12.2 Å². The number of H-pyrrole nitrogens is 1. The van der Waals surface area contributed by atoms with E-state index in [1.165, 1.54) is 0 Å². The molecule has 0 bridgehead atoms. The second-order valence-corrected chi connectivity index (χ2v) is 2.08. The number of hydrogen-bond acceptors (Lipinski definition) is 3. The monoisotopic (exact) mass is 126 g/mol. The summed E-state index contributed by atoms with van der Waals surface area (Å²) in [6, 6.07) is 0. The van der Waals surface area contributed by atoms with Crippen LogP contribution in [-0.2, 0) is 0 Å². The van der Waals surface area contributed by atoms with Gasteiger partial charge in [0.15, 0.2) is 5.82 Å². The van der Waals surface area contributed by atoms with E-state index in [0.29, 0.717) is 5.92 Å². The lowest BCUT2D eigenvalue weighted by molar-refractivity contribution is 0.680. The Kier molecular flexibility index (Phi) is 1.77. The van der Waals surface area contributed by atoms with Gasteiger partial charge in [-0.25, -0.2) is 0 Å². The van der Waals surface area contributed by atoms with Crippen LogP contribution >= 0.6 is 0 Å². The van der Waals surface area contributed by atoms with E-state index in [1.54, 1.807) is 0 Å². The Morgan fingerprint density at radius 2 is 2.44 bits per heavy atom. The number of aromatic nitrogens is 4. The van der Waals surface area contributed by atoms with Gasteiger partial charge in [-0.1, -0.05) is 19.1 Å². The van der Waals surface area contributed by atoms with Crippen molar-refractivity contribution in [1.29, 1.82) is 0 Å². The first-order valence-corrected chi connectivity index (χ1v) is 3.08. The van der Waals surface area contributed by atoms with Crippen molar-refractivity contribution in [2.24, 2.45) is 0 Å². The molecule has 50 valence electrons. The topological polar surface area (TPSA) is 54.5 Å². The first-order chi connectivity index (χ1) is 4.34. The average Bonchev–Trinajstić information content (AvgIpc) is 2.37. The normalized spacial score (nSPS) is 13.6. The predicted octanol–water partition coefficient (Wildman–Crippen LogP) is 0.713. The van der Waals surface area contributed by atoms with Crippen molar-refractivity contribution in [3.8, 4) is 0 Å². The lowest BCUT2D eigenvalue weighted by Crippen LogP contribution is -1.93. The van der Waals surface area contributed by atoms with E-state index < -0.39 is 0 Å². The summed E-state index contributed by atoms with van der Waals surface area (Å²) in [5.74, 6) is 1.22. The number of nitrogens with zero attached hydrogens (tertiary/aromatic N) is 3. The minimum Gasteiger partial charge on any atom is -0.177 e. The summed E-state index contributed by atoms with van der Waals surface area (Å²) in [6.07, 6.45) is 1.06. The molecule has 0 amide bonds. The molecule has 1 rings (SSSR count). The molecule has 9 heavy (non-hydrogen) atoms. The molecule has 1 aromatic heterocycles. The van der Waals surface area contributed by atoms with E-state index in [1.807, 2.05) is 0 Å². The molecule has 1 N–H and O–H groups in total. The summed E-state index contributed by atoms with van der Waals surface area (Å²) in [4.78, 5) is 0. The summed E-state index contributed by atoms with van der Waals surface area (Å²) in [5, 5.41) is 13.5. The van der Waals surface area contributed by atoms with Gasteiger partial charge in [0.1, 0.15) is 0 Å². The largest absolute Gasteiger partial charge is 0.177 e. The van der Waals surface area contributed by atoms with Crippen LogP contribution < -0.4 is 0 Å². The van der Waals surface area contributed by atoms with E-state index in [4.69, 9.17) is 0 Å². The van der Waals surface area contributed by atoms with Crippen molar-refractivity contribution < 1.29 is 0 Å². The first-order valence-electron chi connectivity index (χ1n) is 3.08. The average molecular weight is 126 g/mol. The van der Waals surface area contributed by atoms with Crippen LogP contribution in [0.2, 0.25) is 0 Å². The minimum absolute atomic E-state index is 0.420. The van der Waals surface area contributed by atoms with E-state index in [-0.39, 0.29) is 0 Å². The molecule has 0 saturated carbocycles. The molecule has 1 heterocycles.